The third kappa shape index (κ3) is 2.68. The van der Waals surface area contributed by atoms with Gasteiger partial charge in [-0.1, -0.05) is 24.6 Å². The van der Waals surface area contributed by atoms with Gasteiger partial charge in [0.25, 0.3) is 0 Å². The number of aryl methyl sites for hydroxylation is 1. The van der Waals surface area contributed by atoms with Gasteiger partial charge in [0.2, 0.25) is 5.28 Å². The van der Waals surface area contributed by atoms with Crippen LogP contribution in [0.1, 0.15) is 30.3 Å². The first-order valence-electron chi connectivity index (χ1n) is 7.06. The van der Waals surface area contributed by atoms with Crippen LogP contribution in [-0.4, -0.2) is 9.55 Å². The highest BCUT2D eigenvalue weighted by Crippen LogP contribution is 2.27. The molecule has 2 aromatic rings. The molecule has 1 aromatic carbocycles. The van der Waals surface area contributed by atoms with Gasteiger partial charge >= 0.3 is 0 Å². The van der Waals surface area contributed by atoms with Gasteiger partial charge in [-0.05, 0) is 49.4 Å². The minimum atomic E-state index is 0.484. The second-order valence-corrected chi connectivity index (χ2v) is 5.96. The summed E-state index contributed by atoms with van der Waals surface area (Å²) in [6.45, 7) is 5.79. The average molecular weight is 291 g/mol. The molecule has 3 nitrogen and oxygen atoms in total. The van der Waals surface area contributed by atoms with Crippen molar-refractivity contribution in [3.05, 3.63) is 46.5 Å². The highest BCUT2D eigenvalue weighted by molar-refractivity contribution is 6.28. The molecule has 1 unspecified atom stereocenters. The Kier molecular flexibility index (Phi) is 3.70. The number of hydrogen-bond donors (Lipinski definition) is 0. The van der Waals surface area contributed by atoms with E-state index in [1.54, 1.807) is 0 Å². The Labute approximate surface area is 124 Å². The van der Waals surface area contributed by atoms with E-state index in [1.807, 2.05) is 24.3 Å². The molecule has 1 aromatic heterocycles. The Morgan fingerprint density at radius 3 is 2.85 bits per heavy atom. The van der Waals surface area contributed by atoms with E-state index in [2.05, 4.69) is 23.4 Å². The molecule has 0 amide bonds. The monoisotopic (exact) mass is 290 g/mol. The molecular formula is C16H19ClN2O. The molecular weight excluding hydrogens is 272 g/mol. The van der Waals surface area contributed by atoms with Crippen LogP contribution in [0.2, 0.25) is 5.28 Å². The van der Waals surface area contributed by atoms with Crippen molar-refractivity contribution in [1.29, 1.82) is 0 Å². The number of fused-ring (bicyclic) bond motifs is 1. The first-order valence-corrected chi connectivity index (χ1v) is 7.44. The number of aromatic nitrogens is 2. The minimum absolute atomic E-state index is 0.484. The molecule has 20 heavy (non-hydrogen) atoms. The Balaban J connectivity index is 1.76. The molecule has 0 N–H and O–H groups in total. The molecule has 0 saturated heterocycles. The fraction of sp³-hybridized carbons (Fsp3) is 0.438. The lowest BCUT2D eigenvalue weighted by atomic mass is 9.97. The Bertz CT molecular complexity index is 604. The molecule has 0 bridgehead atoms. The maximum absolute atomic E-state index is 6.21. The molecule has 0 fully saturated rings. The van der Waals surface area contributed by atoms with Crippen molar-refractivity contribution in [1.82, 2.24) is 9.55 Å². The number of hydrogen-bond acceptors (Lipinski definition) is 2. The average Bonchev–Trinajstić information content (AvgIpc) is 2.74. The molecule has 2 heterocycles. The summed E-state index contributed by atoms with van der Waals surface area (Å²) in [4.78, 5) is 4.46. The summed E-state index contributed by atoms with van der Waals surface area (Å²) in [5, 5.41) is 0.592. The van der Waals surface area contributed by atoms with Crippen LogP contribution in [0.15, 0.2) is 24.3 Å². The van der Waals surface area contributed by atoms with E-state index >= 15 is 0 Å². The summed E-state index contributed by atoms with van der Waals surface area (Å²) in [7, 11) is 0. The first-order chi connectivity index (χ1) is 9.63. The summed E-state index contributed by atoms with van der Waals surface area (Å²) < 4.78 is 7.95. The van der Waals surface area contributed by atoms with E-state index in [0.717, 1.165) is 24.4 Å². The molecule has 0 spiro atoms. The van der Waals surface area contributed by atoms with Gasteiger partial charge in [-0.3, -0.25) is 0 Å². The Hall–Kier alpha value is -1.48. The maximum Gasteiger partial charge on any atom is 0.203 e. The maximum atomic E-state index is 6.21. The third-order valence-corrected chi connectivity index (χ3v) is 4.18. The molecule has 0 radical (unpaired) electrons. The van der Waals surface area contributed by atoms with Gasteiger partial charge < -0.3 is 9.30 Å². The first kappa shape index (κ1) is 13.5. The van der Waals surface area contributed by atoms with Crippen molar-refractivity contribution in [2.45, 2.75) is 39.8 Å². The van der Waals surface area contributed by atoms with Crippen molar-refractivity contribution >= 4 is 11.6 Å². The standard InChI is InChI=1S/C16H19ClN2O/c1-11-3-5-13(6-4-11)20-10-14-15-9-12(2)7-8-19(15)16(17)18-14/h3-6,12H,7-10H2,1-2H3. The SMILES string of the molecule is Cc1ccc(OCc2nc(Cl)n3c2CC(C)CC3)cc1. The molecule has 4 heteroatoms. The van der Waals surface area contributed by atoms with Gasteiger partial charge in [0.05, 0.1) is 0 Å². The van der Waals surface area contributed by atoms with Crippen LogP contribution in [0.4, 0.5) is 0 Å². The molecule has 106 valence electrons. The second kappa shape index (κ2) is 5.49. The van der Waals surface area contributed by atoms with Crippen molar-refractivity contribution < 1.29 is 4.74 Å². The van der Waals surface area contributed by atoms with Gasteiger partial charge in [0.1, 0.15) is 18.1 Å². The number of imidazole rings is 1. The summed E-state index contributed by atoms with van der Waals surface area (Å²) in [5.41, 5.74) is 3.44. The van der Waals surface area contributed by atoms with Crippen LogP contribution in [0, 0.1) is 12.8 Å². The van der Waals surface area contributed by atoms with Gasteiger partial charge in [0, 0.05) is 12.2 Å². The fourth-order valence-corrected chi connectivity index (χ4v) is 2.93. The smallest absolute Gasteiger partial charge is 0.203 e. The number of halogens is 1. The van der Waals surface area contributed by atoms with E-state index in [-0.39, 0.29) is 0 Å². The minimum Gasteiger partial charge on any atom is -0.487 e. The van der Waals surface area contributed by atoms with Crippen LogP contribution >= 0.6 is 11.6 Å². The predicted octanol–water partition coefficient (Wildman–Crippen LogP) is 4.01. The Morgan fingerprint density at radius 2 is 2.10 bits per heavy atom. The van der Waals surface area contributed by atoms with Gasteiger partial charge in [-0.25, -0.2) is 4.98 Å². The molecule has 1 atom stereocenters. The summed E-state index contributed by atoms with van der Waals surface area (Å²) in [6.07, 6.45) is 2.20. The highest BCUT2D eigenvalue weighted by Gasteiger charge is 2.22. The molecule has 1 aliphatic heterocycles. The summed E-state index contributed by atoms with van der Waals surface area (Å²) in [6, 6.07) is 8.07. The summed E-state index contributed by atoms with van der Waals surface area (Å²) >= 11 is 6.21. The van der Waals surface area contributed by atoms with Crippen molar-refractivity contribution in [2.24, 2.45) is 5.92 Å². The third-order valence-electron chi connectivity index (χ3n) is 3.89. The number of ether oxygens (including phenoxy) is 1. The number of nitrogens with zero attached hydrogens (tertiary/aromatic N) is 2. The highest BCUT2D eigenvalue weighted by atomic mass is 35.5. The zero-order valence-electron chi connectivity index (χ0n) is 11.9. The molecule has 1 aliphatic rings. The molecule has 0 saturated carbocycles. The van der Waals surface area contributed by atoms with Gasteiger partial charge in [-0.15, -0.1) is 0 Å². The van der Waals surface area contributed by atoms with E-state index in [4.69, 9.17) is 16.3 Å². The fourth-order valence-electron chi connectivity index (χ4n) is 2.64. The lowest BCUT2D eigenvalue weighted by Crippen LogP contribution is -2.18. The van der Waals surface area contributed by atoms with Crippen molar-refractivity contribution in [2.75, 3.05) is 0 Å². The second-order valence-electron chi connectivity index (χ2n) is 5.63. The largest absolute Gasteiger partial charge is 0.487 e. The van der Waals surface area contributed by atoms with Crippen LogP contribution in [0.5, 0.6) is 5.75 Å². The van der Waals surface area contributed by atoms with E-state index in [0.29, 0.717) is 17.8 Å². The zero-order valence-corrected chi connectivity index (χ0v) is 12.7. The van der Waals surface area contributed by atoms with Crippen LogP contribution in [-0.2, 0) is 19.6 Å². The molecule has 3 rings (SSSR count). The number of benzene rings is 1. The van der Waals surface area contributed by atoms with Crippen LogP contribution in [0.25, 0.3) is 0 Å². The van der Waals surface area contributed by atoms with Gasteiger partial charge in [0.15, 0.2) is 0 Å². The van der Waals surface area contributed by atoms with Crippen molar-refractivity contribution in [3.63, 3.8) is 0 Å². The molecule has 0 aliphatic carbocycles. The normalized spacial score (nSPS) is 17.9. The lowest BCUT2D eigenvalue weighted by molar-refractivity contribution is 0.297. The predicted molar refractivity (Wildman–Crippen MR) is 80.2 cm³/mol. The van der Waals surface area contributed by atoms with Crippen LogP contribution < -0.4 is 4.74 Å². The van der Waals surface area contributed by atoms with Crippen LogP contribution in [0.3, 0.4) is 0 Å². The Morgan fingerprint density at radius 1 is 1.35 bits per heavy atom. The van der Waals surface area contributed by atoms with Crippen molar-refractivity contribution in [3.8, 4) is 5.75 Å². The van der Waals surface area contributed by atoms with E-state index in [1.165, 1.54) is 17.7 Å². The van der Waals surface area contributed by atoms with Gasteiger partial charge in [-0.2, -0.15) is 0 Å². The zero-order chi connectivity index (χ0) is 14.1. The number of rotatable bonds is 3. The quantitative estimate of drug-likeness (QED) is 0.854. The topological polar surface area (TPSA) is 27.1 Å². The summed E-state index contributed by atoms with van der Waals surface area (Å²) in [5.74, 6) is 1.56. The lowest BCUT2D eigenvalue weighted by Gasteiger charge is -2.21. The van der Waals surface area contributed by atoms with E-state index < -0.39 is 0 Å². The van der Waals surface area contributed by atoms with E-state index in [9.17, 15) is 0 Å².